The number of ether oxygens (including phenoxy) is 1. The van der Waals surface area contributed by atoms with Crippen LogP contribution >= 0.6 is 35.3 Å². The van der Waals surface area contributed by atoms with E-state index in [9.17, 15) is 13.2 Å². The van der Waals surface area contributed by atoms with Gasteiger partial charge in [-0.1, -0.05) is 19.9 Å². The van der Waals surface area contributed by atoms with Crippen LogP contribution in [0.3, 0.4) is 0 Å². The summed E-state index contributed by atoms with van der Waals surface area (Å²) in [4.78, 5) is 8.56. The Bertz CT molecular complexity index is 793. The molecule has 0 amide bonds. The minimum Gasteiger partial charge on any atom is -0.497 e. The number of aliphatic imine (C=N–C) groups is 1. The predicted octanol–water partition coefficient (Wildman–Crippen LogP) is 4.78. The van der Waals surface area contributed by atoms with Gasteiger partial charge in [0, 0.05) is 19.0 Å². The molecular formula is C18H24F3IN4OS. The van der Waals surface area contributed by atoms with Crippen molar-refractivity contribution in [1.29, 1.82) is 0 Å². The lowest BCUT2D eigenvalue weighted by Crippen LogP contribution is -2.36. The molecule has 2 rings (SSSR count). The Kier molecular flexibility index (Phi) is 9.48. The summed E-state index contributed by atoms with van der Waals surface area (Å²) in [5.41, 5.74) is 0.404. The second-order valence-corrected chi connectivity index (χ2v) is 7.06. The van der Waals surface area contributed by atoms with Crippen LogP contribution in [0, 0.1) is 0 Å². The van der Waals surface area contributed by atoms with Crippen molar-refractivity contribution >= 4 is 41.3 Å². The first-order valence-electron chi connectivity index (χ1n) is 8.37. The molecule has 0 atom stereocenters. The number of methoxy groups -OCH3 is 1. The monoisotopic (exact) mass is 528 g/mol. The minimum atomic E-state index is -4.46. The number of halogens is 4. The number of hydrogen-bond acceptors (Lipinski definition) is 4. The Hall–Kier alpha value is -1.56. The van der Waals surface area contributed by atoms with Crippen LogP contribution in [0.15, 0.2) is 28.6 Å². The lowest BCUT2D eigenvalue weighted by Gasteiger charge is -2.16. The molecule has 1 heterocycles. The van der Waals surface area contributed by atoms with Gasteiger partial charge in [-0.25, -0.2) is 4.98 Å². The second kappa shape index (κ2) is 10.8. The first kappa shape index (κ1) is 24.5. The van der Waals surface area contributed by atoms with Gasteiger partial charge in [-0.2, -0.15) is 13.2 Å². The molecule has 1 aromatic carbocycles. The molecule has 10 heteroatoms. The van der Waals surface area contributed by atoms with Crippen molar-refractivity contribution in [3.63, 3.8) is 0 Å². The lowest BCUT2D eigenvalue weighted by atomic mass is 10.1. The number of benzene rings is 1. The highest BCUT2D eigenvalue weighted by Crippen LogP contribution is 2.34. The SMILES string of the molecule is CN=C(NCc1nc(C(C)C)cs1)NCc1ccc(OC)cc1C(F)(F)F.I. The van der Waals surface area contributed by atoms with Gasteiger partial charge >= 0.3 is 6.18 Å². The average Bonchev–Trinajstić information content (AvgIpc) is 3.10. The molecule has 0 radical (unpaired) electrons. The van der Waals surface area contributed by atoms with Gasteiger partial charge < -0.3 is 15.4 Å². The minimum absolute atomic E-state index is 0. The van der Waals surface area contributed by atoms with Crippen LogP contribution in [0.25, 0.3) is 0 Å². The third kappa shape index (κ3) is 6.80. The molecule has 2 N–H and O–H groups in total. The summed E-state index contributed by atoms with van der Waals surface area (Å²) in [5.74, 6) is 0.918. The zero-order valence-corrected chi connectivity index (χ0v) is 19.2. The Morgan fingerprint density at radius 1 is 1.25 bits per heavy atom. The van der Waals surface area contributed by atoms with Gasteiger partial charge in [0.05, 0.1) is 24.9 Å². The molecule has 0 fully saturated rings. The van der Waals surface area contributed by atoms with Gasteiger partial charge in [-0.05, 0) is 23.6 Å². The number of nitrogens with zero attached hydrogens (tertiary/aromatic N) is 2. The molecule has 0 aliphatic heterocycles. The largest absolute Gasteiger partial charge is 0.497 e. The zero-order chi connectivity index (χ0) is 20.0. The predicted molar refractivity (Wildman–Crippen MR) is 117 cm³/mol. The smallest absolute Gasteiger partial charge is 0.416 e. The normalized spacial score (nSPS) is 11.9. The Labute approximate surface area is 183 Å². The lowest BCUT2D eigenvalue weighted by molar-refractivity contribution is -0.138. The molecule has 5 nitrogen and oxygen atoms in total. The third-order valence-corrected chi connectivity index (χ3v) is 4.73. The Morgan fingerprint density at radius 3 is 2.46 bits per heavy atom. The molecule has 0 aliphatic rings. The van der Waals surface area contributed by atoms with Crippen molar-refractivity contribution in [3.05, 3.63) is 45.4 Å². The van der Waals surface area contributed by atoms with Gasteiger partial charge in [0.2, 0.25) is 0 Å². The summed E-state index contributed by atoms with van der Waals surface area (Å²) in [6, 6.07) is 3.90. The van der Waals surface area contributed by atoms with Gasteiger partial charge in [0.25, 0.3) is 0 Å². The van der Waals surface area contributed by atoms with E-state index in [2.05, 4.69) is 34.5 Å². The van der Waals surface area contributed by atoms with Crippen molar-refractivity contribution in [2.75, 3.05) is 14.2 Å². The summed E-state index contributed by atoms with van der Waals surface area (Å²) < 4.78 is 44.7. The quantitative estimate of drug-likeness (QED) is 0.322. The van der Waals surface area contributed by atoms with E-state index >= 15 is 0 Å². The summed E-state index contributed by atoms with van der Waals surface area (Å²) in [7, 11) is 2.90. The highest BCUT2D eigenvalue weighted by atomic mass is 127. The molecule has 0 bridgehead atoms. The third-order valence-electron chi connectivity index (χ3n) is 3.86. The maximum atomic E-state index is 13.3. The fourth-order valence-corrected chi connectivity index (χ4v) is 3.23. The molecule has 0 aliphatic carbocycles. The van der Waals surface area contributed by atoms with Crippen LogP contribution in [0.5, 0.6) is 5.75 Å². The molecule has 0 saturated heterocycles. The first-order valence-corrected chi connectivity index (χ1v) is 9.25. The van der Waals surface area contributed by atoms with Crippen LogP contribution in [0.4, 0.5) is 13.2 Å². The molecule has 0 spiro atoms. The first-order chi connectivity index (χ1) is 12.7. The van der Waals surface area contributed by atoms with Gasteiger partial charge in [0.1, 0.15) is 10.8 Å². The van der Waals surface area contributed by atoms with E-state index in [1.807, 2.05) is 5.38 Å². The zero-order valence-electron chi connectivity index (χ0n) is 16.1. The topological polar surface area (TPSA) is 58.5 Å². The van der Waals surface area contributed by atoms with Gasteiger partial charge in [-0.15, -0.1) is 35.3 Å². The van der Waals surface area contributed by atoms with E-state index in [0.29, 0.717) is 18.4 Å². The van der Waals surface area contributed by atoms with Crippen LogP contribution in [-0.2, 0) is 19.3 Å². The molecule has 1 aromatic heterocycles. The second-order valence-electron chi connectivity index (χ2n) is 6.12. The van der Waals surface area contributed by atoms with E-state index < -0.39 is 11.7 Å². The summed E-state index contributed by atoms with van der Waals surface area (Å²) >= 11 is 1.54. The molecule has 28 heavy (non-hydrogen) atoms. The van der Waals surface area contributed by atoms with Crippen LogP contribution in [0.1, 0.15) is 41.6 Å². The van der Waals surface area contributed by atoms with E-state index in [-0.39, 0.29) is 41.8 Å². The molecular weight excluding hydrogens is 504 g/mol. The number of thiazole rings is 1. The standard InChI is InChI=1S/C18H23F3N4OS.HI/c1-11(2)15-10-27-16(25-15)9-24-17(22-3)23-8-12-5-6-13(26-4)7-14(12)18(19,20)21;/h5-7,10-11H,8-9H2,1-4H3,(H2,22,23,24);1H. The fraction of sp³-hybridized carbons (Fsp3) is 0.444. The van der Waals surface area contributed by atoms with Gasteiger partial charge in [0.15, 0.2) is 5.96 Å². The number of rotatable bonds is 6. The fourth-order valence-electron chi connectivity index (χ4n) is 2.33. The summed E-state index contributed by atoms with van der Waals surface area (Å²) in [6.45, 7) is 4.57. The number of aromatic nitrogens is 1. The van der Waals surface area contributed by atoms with Crippen LogP contribution < -0.4 is 15.4 Å². The van der Waals surface area contributed by atoms with Crippen molar-refractivity contribution < 1.29 is 17.9 Å². The summed E-state index contributed by atoms with van der Waals surface area (Å²) in [5, 5.41) is 8.88. The van der Waals surface area contributed by atoms with Crippen LogP contribution in [-0.4, -0.2) is 25.1 Å². The molecule has 0 saturated carbocycles. The molecule has 156 valence electrons. The van der Waals surface area contributed by atoms with Crippen molar-refractivity contribution in [3.8, 4) is 5.75 Å². The molecule has 0 unspecified atom stereocenters. The highest BCUT2D eigenvalue weighted by Gasteiger charge is 2.33. The van der Waals surface area contributed by atoms with Crippen molar-refractivity contribution in [1.82, 2.24) is 15.6 Å². The van der Waals surface area contributed by atoms with Crippen molar-refractivity contribution in [2.24, 2.45) is 4.99 Å². The van der Waals surface area contributed by atoms with E-state index in [1.54, 1.807) is 7.05 Å². The summed E-state index contributed by atoms with van der Waals surface area (Å²) in [6.07, 6.45) is -4.46. The number of guanidine groups is 1. The molecule has 2 aromatic rings. The van der Waals surface area contributed by atoms with Crippen LogP contribution in [0.2, 0.25) is 0 Å². The maximum Gasteiger partial charge on any atom is 0.416 e. The number of hydrogen-bond donors (Lipinski definition) is 2. The van der Waals surface area contributed by atoms with E-state index in [4.69, 9.17) is 4.74 Å². The van der Waals surface area contributed by atoms with Crippen molar-refractivity contribution in [2.45, 2.75) is 39.0 Å². The maximum absolute atomic E-state index is 13.3. The average molecular weight is 528 g/mol. The number of nitrogens with one attached hydrogen (secondary N) is 2. The van der Waals surface area contributed by atoms with E-state index in [1.165, 1.54) is 30.6 Å². The highest BCUT2D eigenvalue weighted by molar-refractivity contribution is 14.0. The Morgan fingerprint density at radius 2 is 1.93 bits per heavy atom. The van der Waals surface area contributed by atoms with Gasteiger partial charge in [-0.3, -0.25) is 4.99 Å². The van der Waals surface area contributed by atoms with E-state index in [0.717, 1.165) is 16.8 Å². The number of alkyl halides is 3. The Balaban J connectivity index is 0.00000392.